The smallest absolute Gasteiger partial charge is 0.303 e. The number of rotatable bonds is 7. The number of aliphatic carboxylic acids is 1. The van der Waals surface area contributed by atoms with Gasteiger partial charge in [0.1, 0.15) is 10.1 Å². The third-order valence-corrected chi connectivity index (χ3v) is 5.53. The molecule has 1 saturated heterocycles. The van der Waals surface area contributed by atoms with E-state index in [0.29, 0.717) is 34.5 Å². The Bertz CT molecular complexity index is 939. The zero-order valence-corrected chi connectivity index (χ0v) is 16.4. The zero-order valence-electron chi connectivity index (χ0n) is 14.8. The van der Waals surface area contributed by atoms with Crippen LogP contribution in [0.5, 0.6) is 5.75 Å². The fraction of sp³-hybridized carbons (Fsp3) is 0.250. The van der Waals surface area contributed by atoms with E-state index in [1.54, 1.807) is 0 Å². The number of thiocarbonyl (C=S) groups is 1. The van der Waals surface area contributed by atoms with Crippen molar-refractivity contribution in [1.82, 2.24) is 4.90 Å². The molecule has 0 atom stereocenters. The molecule has 140 valence electrons. The maximum Gasteiger partial charge on any atom is 0.303 e. The van der Waals surface area contributed by atoms with E-state index in [1.807, 2.05) is 49.4 Å². The number of amides is 1. The number of hydrogen-bond donors (Lipinski definition) is 1. The molecule has 3 rings (SSSR count). The van der Waals surface area contributed by atoms with Crippen molar-refractivity contribution in [3.05, 3.63) is 46.9 Å². The van der Waals surface area contributed by atoms with Crippen LogP contribution in [0.3, 0.4) is 0 Å². The fourth-order valence-electron chi connectivity index (χ4n) is 2.92. The Hall–Kier alpha value is -2.38. The molecule has 1 N–H and O–H groups in total. The van der Waals surface area contributed by atoms with Crippen LogP contribution >= 0.6 is 24.0 Å². The summed E-state index contributed by atoms with van der Waals surface area (Å²) in [4.78, 5) is 25.5. The van der Waals surface area contributed by atoms with E-state index < -0.39 is 5.97 Å². The van der Waals surface area contributed by atoms with Crippen molar-refractivity contribution in [3.63, 3.8) is 0 Å². The molecule has 2 aromatic carbocycles. The number of thioether (sulfide) groups is 1. The number of hydrogen-bond acceptors (Lipinski definition) is 5. The number of ether oxygens (including phenoxy) is 1. The molecule has 1 fully saturated rings. The monoisotopic (exact) mass is 401 g/mol. The lowest BCUT2D eigenvalue weighted by Gasteiger charge is -2.13. The summed E-state index contributed by atoms with van der Waals surface area (Å²) in [6.07, 6.45) is 2.20. The topological polar surface area (TPSA) is 66.8 Å². The number of nitrogens with zero attached hydrogens (tertiary/aromatic N) is 1. The predicted octanol–water partition coefficient (Wildman–Crippen LogP) is 4.30. The summed E-state index contributed by atoms with van der Waals surface area (Å²) >= 11 is 6.56. The molecule has 1 aliphatic rings. The minimum atomic E-state index is -0.881. The van der Waals surface area contributed by atoms with Gasteiger partial charge in [-0.3, -0.25) is 14.5 Å². The molecule has 1 aliphatic heterocycles. The van der Waals surface area contributed by atoms with Crippen LogP contribution in [0, 0.1) is 0 Å². The molecular formula is C20H19NO4S2. The van der Waals surface area contributed by atoms with Crippen LogP contribution in [0.1, 0.15) is 25.3 Å². The Morgan fingerprint density at radius 3 is 2.81 bits per heavy atom. The highest BCUT2D eigenvalue weighted by Crippen LogP contribution is 2.37. The van der Waals surface area contributed by atoms with E-state index in [0.717, 1.165) is 16.3 Å². The largest absolute Gasteiger partial charge is 0.493 e. The standard InChI is InChI=1S/C20H19NO4S2/c1-2-25-16-10-9-13-6-3-4-7-14(13)15(16)12-17-19(24)21(20(26)27-17)11-5-8-18(22)23/h3-4,6-7,9-10,12H,2,5,8,11H2,1H3,(H,22,23)/b17-12-. The van der Waals surface area contributed by atoms with Crippen LogP contribution in [-0.4, -0.2) is 39.4 Å². The maximum absolute atomic E-state index is 12.8. The molecule has 0 spiro atoms. The second-order valence-electron chi connectivity index (χ2n) is 5.96. The molecule has 2 aromatic rings. The number of carbonyl (C=O) groups is 2. The van der Waals surface area contributed by atoms with Crippen LogP contribution in [-0.2, 0) is 9.59 Å². The van der Waals surface area contributed by atoms with Gasteiger partial charge in [-0.2, -0.15) is 0 Å². The molecule has 0 aromatic heterocycles. The van der Waals surface area contributed by atoms with E-state index in [-0.39, 0.29) is 12.3 Å². The molecular weight excluding hydrogens is 382 g/mol. The van der Waals surface area contributed by atoms with E-state index in [4.69, 9.17) is 22.1 Å². The summed E-state index contributed by atoms with van der Waals surface area (Å²) in [6.45, 7) is 2.75. The number of carboxylic acids is 1. The van der Waals surface area contributed by atoms with E-state index in [1.165, 1.54) is 16.7 Å². The predicted molar refractivity (Wildman–Crippen MR) is 112 cm³/mol. The lowest BCUT2D eigenvalue weighted by atomic mass is 10.0. The number of fused-ring (bicyclic) bond motifs is 1. The van der Waals surface area contributed by atoms with Crippen molar-refractivity contribution < 1.29 is 19.4 Å². The Balaban J connectivity index is 1.94. The van der Waals surface area contributed by atoms with E-state index >= 15 is 0 Å². The Labute approximate surface area is 167 Å². The Morgan fingerprint density at radius 2 is 2.07 bits per heavy atom. The fourth-order valence-corrected chi connectivity index (χ4v) is 4.21. The van der Waals surface area contributed by atoms with Gasteiger partial charge in [0.05, 0.1) is 11.5 Å². The molecule has 1 amide bonds. The molecule has 5 nitrogen and oxygen atoms in total. The minimum absolute atomic E-state index is 0.00786. The van der Waals surface area contributed by atoms with Crippen molar-refractivity contribution in [2.45, 2.75) is 19.8 Å². The Morgan fingerprint density at radius 1 is 1.30 bits per heavy atom. The van der Waals surface area contributed by atoms with Crippen LogP contribution in [0.25, 0.3) is 16.8 Å². The summed E-state index contributed by atoms with van der Waals surface area (Å²) < 4.78 is 6.21. The highest BCUT2D eigenvalue weighted by Gasteiger charge is 2.32. The van der Waals surface area contributed by atoms with Gasteiger partial charge in [0, 0.05) is 18.5 Å². The Kier molecular flexibility index (Phi) is 6.13. The summed E-state index contributed by atoms with van der Waals surface area (Å²) in [5.74, 6) is -0.355. The van der Waals surface area contributed by atoms with Gasteiger partial charge in [-0.1, -0.05) is 54.3 Å². The van der Waals surface area contributed by atoms with Crippen LogP contribution in [0.15, 0.2) is 41.3 Å². The second-order valence-corrected chi connectivity index (χ2v) is 7.64. The van der Waals surface area contributed by atoms with Gasteiger partial charge >= 0.3 is 5.97 Å². The van der Waals surface area contributed by atoms with Crippen LogP contribution < -0.4 is 4.74 Å². The number of carboxylic acid groups (broad SMARTS) is 1. The van der Waals surface area contributed by atoms with Crippen LogP contribution in [0.2, 0.25) is 0 Å². The first-order valence-corrected chi connectivity index (χ1v) is 9.85. The van der Waals surface area contributed by atoms with Crippen molar-refractivity contribution in [2.75, 3.05) is 13.2 Å². The highest BCUT2D eigenvalue weighted by atomic mass is 32.2. The molecule has 0 unspecified atom stereocenters. The number of benzene rings is 2. The summed E-state index contributed by atoms with van der Waals surface area (Å²) in [5.41, 5.74) is 0.848. The molecule has 7 heteroatoms. The first kappa shape index (κ1) is 19.4. The zero-order chi connectivity index (χ0) is 19.4. The van der Waals surface area contributed by atoms with Gasteiger partial charge in [0.25, 0.3) is 5.91 Å². The van der Waals surface area contributed by atoms with Gasteiger partial charge < -0.3 is 9.84 Å². The summed E-state index contributed by atoms with van der Waals surface area (Å²) in [7, 11) is 0. The summed E-state index contributed by atoms with van der Waals surface area (Å²) in [6, 6.07) is 11.8. The average molecular weight is 402 g/mol. The van der Waals surface area contributed by atoms with Crippen molar-refractivity contribution >= 4 is 57.0 Å². The number of carbonyl (C=O) groups excluding carboxylic acids is 1. The third kappa shape index (κ3) is 4.31. The molecule has 0 bridgehead atoms. The van der Waals surface area contributed by atoms with Crippen LogP contribution in [0.4, 0.5) is 0 Å². The normalized spacial score (nSPS) is 15.7. The van der Waals surface area contributed by atoms with Crippen molar-refractivity contribution in [2.24, 2.45) is 0 Å². The lowest BCUT2D eigenvalue weighted by Crippen LogP contribution is -2.29. The van der Waals surface area contributed by atoms with Gasteiger partial charge in [-0.25, -0.2) is 0 Å². The van der Waals surface area contributed by atoms with Gasteiger partial charge in [0.15, 0.2) is 0 Å². The lowest BCUT2D eigenvalue weighted by molar-refractivity contribution is -0.137. The van der Waals surface area contributed by atoms with E-state index in [2.05, 4.69) is 0 Å². The maximum atomic E-state index is 12.8. The summed E-state index contributed by atoms with van der Waals surface area (Å²) in [5, 5.41) is 10.8. The van der Waals surface area contributed by atoms with Crippen molar-refractivity contribution in [1.29, 1.82) is 0 Å². The first-order valence-electron chi connectivity index (χ1n) is 8.63. The molecule has 0 aliphatic carbocycles. The van der Waals surface area contributed by atoms with Crippen molar-refractivity contribution in [3.8, 4) is 5.75 Å². The highest BCUT2D eigenvalue weighted by molar-refractivity contribution is 8.26. The van der Waals surface area contributed by atoms with E-state index in [9.17, 15) is 9.59 Å². The molecule has 27 heavy (non-hydrogen) atoms. The van der Waals surface area contributed by atoms with Gasteiger partial charge in [-0.15, -0.1) is 0 Å². The van der Waals surface area contributed by atoms with Gasteiger partial charge in [-0.05, 0) is 36.3 Å². The molecule has 0 saturated carbocycles. The molecule has 0 radical (unpaired) electrons. The molecule has 1 heterocycles. The quantitative estimate of drug-likeness (QED) is 0.551. The third-order valence-electron chi connectivity index (χ3n) is 4.15. The minimum Gasteiger partial charge on any atom is -0.493 e. The first-order chi connectivity index (χ1) is 13.0. The second kappa shape index (κ2) is 8.54. The van der Waals surface area contributed by atoms with Gasteiger partial charge in [0.2, 0.25) is 0 Å². The average Bonchev–Trinajstić information content (AvgIpc) is 2.91. The SMILES string of the molecule is CCOc1ccc2ccccc2c1/C=C1\SC(=S)N(CCCC(=O)O)C1=O.